The Hall–Kier alpha value is -3.62. The number of nitrogens with zero attached hydrogens (tertiary/aromatic N) is 6. The standard InChI is InChI=1S/C18H17N7O2/c26-17-7-5-15(21-23-17)18(27)25-11-9-24(10-12-25)16-6-4-14(20-22-16)13-3-1-2-8-19-13/h1-8H,9-12H2,(H,23,26). The fraction of sp³-hybridized carbons (Fsp3) is 0.222. The second-order valence-corrected chi connectivity index (χ2v) is 6.08. The Kier molecular flexibility index (Phi) is 4.56. The quantitative estimate of drug-likeness (QED) is 0.725. The summed E-state index contributed by atoms with van der Waals surface area (Å²) in [6.45, 7) is 2.38. The number of aromatic nitrogens is 5. The molecule has 4 rings (SSSR count). The lowest BCUT2D eigenvalue weighted by Crippen LogP contribution is -2.49. The van der Waals surface area contributed by atoms with E-state index in [2.05, 4.69) is 30.3 Å². The highest BCUT2D eigenvalue weighted by atomic mass is 16.2. The van der Waals surface area contributed by atoms with E-state index in [4.69, 9.17) is 0 Å². The number of hydrogen-bond donors (Lipinski definition) is 1. The molecule has 3 aromatic heterocycles. The summed E-state index contributed by atoms with van der Waals surface area (Å²) in [7, 11) is 0. The van der Waals surface area contributed by atoms with Gasteiger partial charge in [0.05, 0.1) is 5.69 Å². The van der Waals surface area contributed by atoms with E-state index in [1.165, 1.54) is 12.1 Å². The van der Waals surface area contributed by atoms with Gasteiger partial charge in [-0.1, -0.05) is 6.07 Å². The third-order valence-electron chi connectivity index (χ3n) is 4.37. The van der Waals surface area contributed by atoms with Crippen LogP contribution in [0.15, 0.2) is 53.5 Å². The van der Waals surface area contributed by atoms with E-state index in [0.717, 1.165) is 17.2 Å². The van der Waals surface area contributed by atoms with E-state index >= 15 is 0 Å². The molecule has 1 saturated heterocycles. The lowest BCUT2D eigenvalue weighted by Gasteiger charge is -2.34. The smallest absolute Gasteiger partial charge is 0.274 e. The van der Waals surface area contributed by atoms with Crippen molar-refractivity contribution in [3.05, 3.63) is 64.7 Å². The van der Waals surface area contributed by atoms with Gasteiger partial charge in [-0.25, -0.2) is 5.10 Å². The van der Waals surface area contributed by atoms with Crippen LogP contribution in [0.5, 0.6) is 0 Å². The Morgan fingerprint density at radius 3 is 2.41 bits per heavy atom. The highest BCUT2D eigenvalue weighted by Gasteiger charge is 2.24. The number of anilines is 1. The number of carbonyl (C=O) groups excluding carboxylic acids is 1. The predicted octanol–water partition coefficient (Wildman–Crippen LogP) is 0.584. The fourth-order valence-electron chi connectivity index (χ4n) is 2.91. The highest BCUT2D eigenvalue weighted by Crippen LogP contribution is 2.17. The van der Waals surface area contributed by atoms with E-state index in [1.54, 1.807) is 11.1 Å². The number of nitrogens with one attached hydrogen (secondary N) is 1. The average molecular weight is 363 g/mol. The van der Waals surface area contributed by atoms with Gasteiger partial charge in [0.1, 0.15) is 11.4 Å². The molecule has 1 amide bonds. The molecule has 1 fully saturated rings. The van der Waals surface area contributed by atoms with Crippen LogP contribution >= 0.6 is 0 Å². The molecule has 27 heavy (non-hydrogen) atoms. The first-order chi connectivity index (χ1) is 13.2. The molecule has 0 atom stereocenters. The van der Waals surface area contributed by atoms with Crippen LogP contribution in [0.4, 0.5) is 5.82 Å². The van der Waals surface area contributed by atoms with Gasteiger partial charge in [-0.15, -0.1) is 10.2 Å². The number of pyridine rings is 1. The third kappa shape index (κ3) is 3.66. The van der Waals surface area contributed by atoms with Gasteiger partial charge in [0.25, 0.3) is 11.5 Å². The van der Waals surface area contributed by atoms with E-state index in [9.17, 15) is 9.59 Å². The van der Waals surface area contributed by atoms with Crippen molar-refractivity contribution in [2.24, 2.45) is 0 Å². The van der Waals surface area contributed by atoms with Crippen LogP contribution in [0.1, 0.15) is 10.5 Å². The van der Waals surface area contributed by atoms with Crippen molar-refractivity contribution in [2.45, 2.75) is 0 Å². The zero-order chi connectivity index (χ0) is 18.6. The minimum absolute atomic E-state index is 0.192. The Morgan fingerprint density at radius 2 is 1.78 bits per heavy atom. The first-order valence-corrected chi connectivity index (χ1v) is 8.56. The molecule has 1 N–H and O–H groups in total. The molecule has 4 heterocycles. The van der Waals surface area contributed by atoms with Crippen molar-refractivity contribution >= 4 is 11.7 Å². The van der Waals surface area contributed by atoms with E-state index in [1.807, 2.05) is 30.3 Å². The van der Waals surface area contributed by atoms with Gasteiger partial charge in [-0.2, -0.15) is 5.10 Å². The largest absolute Gasteiger partial charge is 0.352 e. The summed E-state index contributed by atoms with van der Waals surface area (Å²) in [5.74, 6) is 0.575. The maximum atomic E-state index is 12.4. The molecule has 1 aliphatic heterocycles. The van der Waals surface area contributed by atoms with Crippen LogP contribution in [0.3, 0.4) is 0 Å². The van der Waals surface area contributed by atoms with E-state index < -0.39 is 0 Å². The molecule has 0 bridgehead atoms. The Balaban J connectivity index is 1.39. The molecule has 0 aliphatic carbocycles. The lowest BCUT2D eigenvalue weighted by molar-refractivity contribution is 0.0739. The number of hydrogen-bond acceptors (Lipinski definition) is 7. The normalized spacial score (nSPS) is 14.2. The third-order valence-corrected chi connectivity index (χ3v) is 4.37. The minimum Gasteiger partial charge on any atom is -0.352 e. The van der Waals surface area contributed by atoms with Crippen molar-refractivity contribution in [3.8, 4) is 11.4 Å². The number of carbonyl (C=O) groups is 1. The van der Waals surface area contributed by atoms with Gasteiger partial charge in [0.15, 0.2) is 5.82 Å². The molecule has 0 radical (unpaired) electrons. The van der Waals surface area contributed by atoms with Crippen LogP contribution in [0.25, 0.3) is 11.4 Å². The van der Waals surface area contributed by atoms with Crippen molar-refractivity contribution in [1.82, 2.24) is 30.3 Å². The molecule has 0 saturated carbocycles. The molecule has 0 aromatic carbocycles. The first kappa shape index (κ1) is 16.8. The summed E-state index contributed by atoms with van der Waals surface area (Å²) in [6, 6.07) is 12.2. The van der Waals surface area contributed by atoms with Gasteiger partial charge < -0.3 is 9.80 Å². The topological polar surface area (TPSA) is 108 Å². The fourth-order valence-corrected chi connectivity index (χ4v) is 2.91. The molecular weight excluding hydrogens is 346 g/mol. The Labute approximate surface area is 154 Å². The number of piperazine rings is 1. The summed E-state index contributed by atoms with van der Waals surface area (Å²) >= 11 is 0. The number of H-pyrrole nitrogens is 1. The van der Waals surface area contributed by atoms with Gasteiger partial charge >= 0.3 is 0 Å². The second kappa shape index (κ2) is 7.32. The lowest BCUT2D eigenvalue weighted by atomic mass is 10.2. The maximum absolute atomic E-state index is 12.4. The van der Waals surface area contributed by atoms with Crippen LogP contribution in [0.2, 0.25) is 0 Å². The van der Waals surface area contributed by atoms with Crippen molar-refractivity contribution in [1.29, 1.82) is 0 Å². The number of rotatable bonds is 3. The van der Waals surface area contributed by atoms with Crippen molar-refractivity contribution in [2.75, 3.05) is 31.1 Å². The number of amides is 1. The molecular formula is C18H17N7O2. The summed E-state index contributed by atoms with van der Waals surface area (Å²) in [5, 5.41) is 14.6. The molecule has 9 heteroatoms. The van der Waals surface area contributed by atoms with Crippen molar-refractivity contribution < 1.29 is 4.79 Å². The van der Waals surface area contributed by atoms with Gasteiger partial charge in [-0.05, 0) is 30.3 Å². The Morgan fingerprint density at radius 1 is 0.926 bits per heavy atom. The molecule has 0 unspecified atom stereocenters. The highest BCUT2D eigenvalue weighted by molar-refractivity contribution is 5.92. The molecule has 3 aromatic rings. The van der Waals surface area contributed by atoms with Crippen molar-refractivity contribution in [3.63, 3.8) is 0 Å². The summed E-state index contributed by atoms with van der Waals surface area (Å²) < 4.78 is 0. The first-order valence-electron chi connectivity index (χ1n) is 8.56. The zero-order valence-corrected chi connectivity index (χ0v) is 14.4. The monoisotopic (exact) mass is 363 g/mol. The van der Waals surface area contributed by atoms with Crippen LogP contribution in [0, 0.1) is 0 Å². The van der Waals surface area contributed by atoms with E-state index in [0.29, 0.717) is 26.2 Å². The van der Waals surface area contributed by atoms with Gasteiger partial charge in [0.2, 0.25) is 0 Å². The average Bonchev–Trinajstić information content (AvgIpc) is 2.75. The molecule has 136 valence electrons. The SMILES string of the molecule is O=C(c1ccc(=O)[nH]n1)N1CCN(c2ccc(-c3ccccn3)nn2)CC1. The maximum Gasteiger partial charge on any atom is 0.274 e. The van der Waals surface area contributed by atoms with Crippen LogP contribution < -0.4 is 10.5 Å². The molecule has 9 nitrogen and oxygen atoms in total. The predicted molar refractivity (Wildman–Crippen MR) is 98.2 cm³/mol. The summed E-state index contributed by atoms with van der Waals surface area (Å²) in [6.07, 6.45) is 1.72. The zero-order valence-electron chi connectivity index (χ0n) is 14.4. The molecule has 0 spiro atoms. The summed E-state index contributed by atoms with van der Waals surface area (Å²) in [4.78, 5) is 31.6. The minimum atomic E-state index is -0.330. The summed E-state index contributed by atoms with van der Waals surface area (Å²) in [5.41, 5.74) is 1.41. The second-order valence-electron chi connectivity index (χ2n) is 6.08. The van der Waals surface area contributed by atoms with Gasteiger partial charge in [-0.3, -0.25) is 14.6 Å². The molecule has 1 aliphatic rings. The number of aromatic amines is 1. The Bertz CT molecular complexity index is 960. The van der Waals surface area contributed by atoms with Gasteiger partial charge in [0, 0.05) is 38.4 Å². The van der Waals surface area contributed by atoms with E-state index in [-0.39, 0.29) is 17.2 Å². The van der Waals surface area contributed by atoms with Crippen LogP contribution in [-0.4, -0.2) is 62.4 Å². The van der Waals surface area contributed by atoms with Crippen LogP contribution in [-0.2, 0) is 0 Å².